The first-order valence-corrected chi connectivity index (χ1v) is 8.66. The van der Waals surface area contributed by atoms with Gasteiger partial charge in [0.05, 0.1) is 0 Å². The number of hydroxylamine groups is 1. The number of amides is 1. The zero-order valence-electron chi connectivity index (χ0n) is 15.2. The van der Waals surface area contributed by atoms with E-state index in [0.29, 0.717) is 5.56 Å². The maximum atomic E-state index is 14.4. The highest BCUT2D eigenvalue weighted by atomic mass is 32.1. The third kappa shape index (κ3) is 6.22. The lowest BCUT2D eigenvalue weighted by atomic mass is 9.88. The van der Waals surface area contributed by atoms with Crippen molar-refractivity contribution in [1.82, 2.24) is 10.0 Å². The average Bonchev–Trinajstić information content (AvgIpc) is 2.62. The Balaban J connectivity index is 0.00000114. The van der Waals surface area contributed by atoms with Gasteiger partial charge < -0.3 is 4.57 Å². The van der Waals surface area contributed by atoms with Crippen molar-refractivity contribution in [3.05, 3.63) is 58.3 Å². The summed E-state index contributed by atoms with van der Waals surface area (Å²) in [6.45, 7) is 5.35. The predicted octanol–water partition coefficient (Wildman–Crippen LogP) is 2.21. The van der Waals surface area contributed by atoms with E-state index in [-0.39, 0.29) is 24.1 Å². The Morgan fingerprint density at radius 3 is 2.48 bits per heavy atom. The van der Waals surface area contributed by atoms with Crippen LogP contribution in [-0.2, 0) is 22.9 Å². The van der Waals surface area contributed by atoms with Crippen molar-refractivity contribution in [2.45, 2.75) is 33.7 Å². The first kappa shape index (κ1) is 22.4. The minimum Gasteiger partial charge on any atom is -0.313 e. The highest BCUT2D eigenvalue weighted by molar-refractivity contribution is 7.51. The van der Waals surface area contributed by atoms with Crippen molar-refractivity contribution in [3.63, 3.8) is 0 Å². The molecule has 0 saturated carbocycles. The molecule has 7 nitrogen and oxygen atoms in total. The van der Waals surface area contributed by atoms with Crippen LogP contribution in [0.15, 0.2) is 41.3 Å². The van der Waals surface area contributed by atoms with Crippen LogP contribution in [0.25, 0.3) is 11.1 Å². The van der Waals surface area contributed by atoms with E-state index in [0.717, 1.165) is 11.8 Å². The van der Waals surface area contributed by atoms with E-state index in [4.69, 9.17) is 13.6 Å². The van der Waals surface area contributed by atoms with Crippen LogP contribution >= 0.6 is 0 Å². The molecule has 146 valence electrons. The number of pyridine rings is 1. The quantitative estimate of drug-likeness (QED) is 0.595. The van der Waals surface area contributed by atoms with Gasteiger partial charge in [-0.25, -0.2) is 9.87 Å². The number of hydrogen-bond acceptors (Lipinski definition) is 5. The number of carbonyl (C=O) groups excluding carboxylic acids is 1. The second-order valence-corrected chi connectivity index (χ2v) is 6.72. The molecular formula is C18H21FN2O5S. The molecule has 1 aromatic heterocycles. The third-order valence-corrected chi connectivity index (χ3v) is 4.10. The van der Waals surface area contributed by atoms with Crippen LogP contribution in [0, 0.1) is 18.2 Å². The summed E-state index contributed by atoms with van der Waals surface area (Å²) in [7, 11) is 0. The minimum absolute atomic E-state index is 0.171. The molecule has 1 amide bonds. The molecule has 1 aromatic carbocycles. The smallest absolute Gasteiger partial charge is 0.313 e. The van der Waals surface area contributed by atoms with Crippen molar-refractivity contribution >= 4 is 17.5 Å². The first-order valence-electron chi connectivity index (χ1n) is 7.99. The first-order chi connectivity index (χ1) is 12.7. The summed E-state index contributed by atoms with van der Waals surface area (Å²) in [6.07, 6.45) is 1.44. The Morgan fingerprint density at radius 1 is 1.30 bits per heavy atom. The standard InChI is InChI=1S/C18H21FN2O3.O2S/c1-12-5-4-6-13(9-12)14-10-16(22)21(11-15(14)19)8-7-18(2,3)17(23)20-24;1-3-2/h4-6,9-11,24H,7-8H2,1-3H3,(H,20,23);. The van der Waals surface area contributed by atoms with Crippen LogP contribution in [0.5, 0.6) is 0 Å². The van der Waals surface area contributed by atoms with Crippen molar-refractivity contribution in [2.24, 2.45) is 5.41 Å². The second-order valence-electron chi connectivity index (χ2n) is 6.58. The number of rotatable bonds is 5. The molecule has 2 rings (SSSR count). The molecule has 27 heavy (non-hydrogen) atoms. The van der Waals surface area contributed by atoms with Crippen LogP contribution in [0.4, 0.5) is 4.39 Å². The van der Waals surface area contributed by atoms with Crippen molar-refractivity contribution in [3.8, 4) is 11.1 Å². The monoisotopic (exact) mass is 396 g/mol. The summed E-state index contributed by atoms with van der Waals surface area (Å²) < 4.78 is 32.2. The highest BCUT2D eigenvalue weighted by Crippen LogP contribution is 2.23. The summed E-state index contributed by atoms with van der Waals surface area (Å²) in [4.78, 5) is 23.8. The van der Waals surface area contributed by atoms with Crippen LogP contribution in [0.2, 0.25) is 0 Å². The van der Waals surface area contributed by atoms with E-state index in [1.165, 1.54) is 10.6 Å². The molecule has 1 heterocycles. The number of halogens is 1. The fraction of sp³-hybridized carbons (Fsp3) is 0.333. The van der Waals surface area contributed by atoms with Gasteiger partial charge >= 0.3 is 11.6 Å². The van der Waals surface area contributed by atoms with Gasteiger partial charge in [0.2, 0.25) is 5.91 Å². The molecule has 2 aromatic rings. The number of carbonyl (C=O) groups is 1. The molecule has 0 aliphatic rings. The van der Waals surface area contributed by atoms with Crippen LogP contribution in [0.1, 0.15) is 25.8 Å². The van der Waals surface area contributed by atoms with E-state index in [1.807, 2.05) is 25.1 Å². The number of nitrogens with zero attached hydrogens (tertiary/aromatic N) is 1. The topological polar surface area (TPSA) is 105 Å². The Hall–Kier alpha value is -2.65. The van der Waals surface area contributed by atoms with Gasteiger partial charge in [-0.15, -0.1) is 0 Å². The second kappa shape index (κ2) is 9.89. The highest BCUT2D eigenvalue weighted by Gasteiger charge is 2.27. The largest absolute Gasteiger partial charge is 0.335 e. The van der Waals surface area contributed by atoms with E-state index < -0.39 is 28.7 Å². The number of hydrogen-bond donors (Lipinski definition) is 2. The Labute approximate surface area is 159 Å². The fourth-order valence-electron chi connectivity index (χ4n) is 2.42. The zero-order valence-corrected chi connectivity index (χ0v) is 16.0. The molecule has 0 aliphatic heterocycles. The lowest BCUT2D eigenvalue weighted by Gasteiger charge is -2.22. The molecule has 9 heteroatoms. The molecular weight excluding hydrogens is 375 g/mol. The molecule has 0 fully saturated rings. The van der Waals surface area contributed by atoms with E-state index in [2.05, 4.69) is 0 Å². The Morgan fingerprint density at radius 2 is 1.93 bits per heavy atom. The summed E-state index contributed by atoms with van der Waals surface area (Å²) >= 11 is -0.750. The Bertz CT molecular complexity index is 905. The molecule has 2 N–H and O–H groups in total. The lowest BCUT2D eigenvalue weighted by molar-refractivity contribution is -0.138. The summed E-state index contributed by atoms with van der Waals surface area (Å²) in [5.74, 6) is -1.04. The van der Waals surface area contributed by atoms with Crippen molar-refractivity contribution in [1.29, 1.82) is 0 Å². The van der Waals surface area contributed by atoms with Gasteiger partial charge in [0.1, 0.15) is 5.82 Å². The van der Waals surface area contributed by atoms with E-state index >= 15 is 0 Å². The SMILES string of the molecule is Cc1cccc(-c2cc(=O)n(CCC(C)(C)C(=O)NO)cc2F)c1.O=S=O. The van der Waals surface area contributed by atoms with Gasteiger partial charge in [-0.1, -0.05) is 43.7 Å². The van der Waals surface area contributed by atoms with E-state index in [9.17, 15) is 14.0 Å². The van der Waals surface area contributed by atoms with Gasteiger partial charge in [-0.3, -0.25) is 14.8 Å². The summed E-state index contributed by atoms with van der Waals surface area (Å²) in [5, 5.41) is 8.72. The normalized spacial score (nSPS) is 10.6. The Kier molecular flexibility index (Phi) is 8.20. The predicted molar refractivity (Wildman–Crippen MR) is 98.1 cm³/mol. The average molecular weight is 396 g/mol. The van der Waals surface area contributed by atoms with Crippen LogP contribution in [0.3, 0.4) is 0 Å². The fourth-order valence-corrected chi connectivity index (χ4v) is 2.42. The zero-order chi connectivity index (χ0) is 20.6. The van der Waals surface area contributed by atoms with Gasteiger partial charge in [0, 0.05) is 29.8 Å². The molecule has 0 bridgehead atoms. The van der Waals surface area contributed by atoms with Gasteiger partial charge in [0.25, 0.3) is 5.56 Å². The van der Waals surface area contributed by atoms with Gasteiger partial charge in [0.15, 0.2) is 0 Å². The maximum absolute atomic E-state index is 14.4. The molecule has 0 radical (unpaired) electrons. The minimum atomic E-state index is -0.875. The van der Waals surface area contributed by atoms with Crippen molar-refractivity contribution < 1.29 is 22.8 Å². The number of benzene rings is 1. The molecule has 0 aliphatic carbocycles. The molecule has 0 atom stereocenters. The maximum Gasteiger partial charge on any atom is 0.335 e. The van der Waals surface area contributed by atoms with Crippen molar-refractivity contribution in [2.75, 3.05) is 0 Å². The molecule has 0 saturated heterocycles. The number of aromatic nitrogens is 1. The van der Waals surface area contributed by atoms with Gasteiger partial charge in [-0.2, -0.15) is 8.42 Å². The number of aryl methyl sites for hydroxylation is 2. The lowest BCUT2D eigenvalue weighted by Crippen LogP contribution is -2.36. The number of nitrogens with one attached hydrogen (secondary N) is 1. The molecule has 0 unspecified atom stereocenters. The third-order valence-electron chi connectivity index (χ3n) is 4.10. The van der Waals surface area contributed by atoms with Gasteiger partial charge in [-0.05, 0) is 18.9 Å². The summed E-state index contributed by atoms with van der Waals surface area (Å²) in [5.41, 5.74) is 2.27. The summed E-state index contributed by atoms with van der Waals surface area (Å²) in [6, 6.07) is 8.55. The van der Waals surface area contributed by atoms with Crippen LogP contribution in [-0.4, -0.2) is 24.1 Å². The molecule has 0 spiro atoms. The van der Waals surface area contributed by atoms with Crippen LogP contribution < -0.4 is 11.0 Å². The van der Waals surface area contributed by atoms with E-state index in [1.54, 1.807) is 25.4 Å².